The van der Waals surface area contributed by atoms with Crippen molar-refractivity contribution in [2.24, 2.45) is 0 Å². The van der Waals surface area contributed by atoms with Crippen LogP contribution in [-0.4, -0.2) is 12.2 Å². The maximum atomic E-state index is 9.31. The molecule has 0 aliphatic heterocycles. The molecule has 4 heteroatoms. The summed E-state index contributed by atoms with van der Waals surface area (Å²) in [6, 6.07) is 14.4. The Labute approximate surface area is 118 Å². The van der Waals surface area contributed by atoms with Crippen molar-refractivity contribution >= 4 is 5.69 Å². The van der Waals surface area contributed by atoms with E-state index in [9.17, 15) is 10.4 Å². The molecule has 0 saturated heterocycles. The lowest BCUT2D eigenvalue weighted by Crippen LogP contribution is -2.09. The number of anilines is 1. The first-order valence-electron chi connectivity index (χ1n) is 6.28. The van der Waals surface area contributed by atoms with Crippen LogP contribution < -0.4 is 10.1 Å². The number of ether oxygens (including phenoxy) is 1. The molecule has 0 fully saturated rings. The second-order valence-corrected chi connectivity index (χ2v) is 4.45. The van der Waals surface area contributed by atoms with Crippen molar-refractivity contribution in [3.63, 3.8) is 0 Å². The molecular formula is C16H16N2O2. The minimum absolute atomic E-state index is 0.0148. The van der Waals surface area contributed by atoms with Crippen LogP contribution in [0.5, 0.6) is 11.5 Å². The molecule has 0 radical (unpaired) electrons. The molecule has 4 nitrogen and oxygen atoms in total. The molecule has 0 aliphatic carbocycles. The normalized spacial score (nSPS) is 11.4. The maximum Gasteiger partial charge on any atom is 0.143 e. The molecule has 2 aromatic rings. The Balaban J connectivity index is 2.30. The van der Waals surface area contributed by atoms with Gasteiger partial charge in [0.1, 0.15) is 17.6 Å². The van der Waals surface area contributed by atoms with Gasteiger partial charge in [-0.25, -0.2) is 0 Å². The fourth-order valence-electron chi connectivity index (χ4n) is 2.01. The lowest BCUT2D eigenvalue weighted by molar-refractivity contribution is 0.416. The monoisotopic (exact) mass is 268 g/mol. The van der Waals surface area contributed by atoms with Crippen LogP contribution in [0, 0.1) is 11.3 Å². The molecule has 0 spiro atoms. The number of nitrogens with one attached hydrogen (secondary N) is 1. The van der Waals surface area contributed by atoms with Crippen LogP contribution in [0.15, 0.2) is 42.5 Å². The second kappa shape index (κ2) is 5.98. The minimum atomic E-state index is -0.0148. The number of methoxy groups -OCH3 is 1. The van der Waals surface area contributed by atoms with Crippen molar-refractivity contribution in [2.75, 3.05) is 12.4 Å². The van der Waals surface area contributed by atoms with Gasteiger partial charge in [0.05, 0.1) is 18.4 Å². The smallest absolute Gasteiger partial charge is 0.143 e. The third-order valence-corrected chi connectivity index (χ3v) is 3.12. The van der Waals surface area contributed by atoms with Crippen LogP contribution >= 0.6 is 0 Å². The summed E-state index contributed by atoms with van der Waals surface area (Å²) < 4.78 is 5.29. The van der Waals surface area contributed by atoms with Crippen molar-refractivity contribution in [1.29, 1.82) is 5.26 Å². The highest BCUT2D eigenvalue weighted by Crippen LogP contribution is 2.31. The summed E-state index contributed by atoms with van der Waals surface area (Å²) in [5.74, 6) is 0.866. The number of aromatic hydroxyl groups is 1. The van der Waals surface area contributed by atoms with Gasteiger partial charge in [-0.2, -0.15) is 5.26 Å². The summed E-state index contributed by atoms with van der Waals surface area (Å²) in [7, 11) is 1.58. The Morgan fingerprint density at radius 1 is 1.20 bits per heavy atom. The van der Waals surface area contributed by atoms with Crippen molar-refractivity contribution < 1.29 is 9.84 Å². The molecular weight excluding hydrogens is 252 g/mol. The zero-order valence-corrected chi connectivity index (χ0v) is 11.4. The zero-order valence-electron chi connectivity index (χ0n) is 11.4. The van der Waals surface area contributed by atoms with Crippen LogP contribution in [-0.2, 0) is 0 Å². The number of benzene rings is 2. The van der Waals surface area contributed by atoms with Crippen LogP contribution in [0.25, 0.3) is 0 Å². The number of rotatable bonds is 4. The van der Waals surface area contributed by atoms with Crippen molar-refractivity contribution in [2.45, 2.75) is 13.0 Å². The Kier molecular flexibility index (Phi) is 4.11. The van der Waals surface area contributed by atoms with Crippen molar-refractivity contribution in [3.8, 4) is 17.6 Å². The lowest BCUT2D eigenvalue weighted by Gasteiger charge is -2.19. The summed E-state index contributed by atoms with van der Waals surface area (Å²) >= 11 is 0. The first-order valence-corrected chi connectivity index (χ1v) is 6.28. The highest BCUT2D eigenvalue weighted by atomic mass is 16.5. The number of hydrogen-bond donors (Lipinski definition) is 2. The third-order valence-electron chi connectivity index (χ3n) is 3.12. The van der Waals surface area contributed by atoms with Gasteiger partial charge in [0.15, 0.2) is 0 Å². The molecule has 2 N–H and O–H groups in total. The fourth-order valence-corrected chi connectivity index (χ4v) is 2.01. The number of hydrogen-bond acceptors (Lipinski definition) is 4. The van der Waals surface area contributed by atoms with E-state index >= 15 is 0 Å². The van der Waals surface area contributed by atoms with Gasteiger partial charge in [-0.05, 0) is 36.8 Å². The largest absolute Gasteiger partial charge is 0.508 e. The number of phenols is 1. The third kappa shape index (κ3) is 2.83. The molecule has 0 aliphatic rings. The van der Waals surface area contributed by atoms with Gasteiger partial charge in [-0.15, -0.1) is 0 Å². The van der Waals surface area contributed by atoms with E-state index in [0.717, 1.165) is 5.56 Å². The standard InChI is InChI=1S/C16H16N2O2/c1-11(12-6-8-14(19)9-7-12)18-16-13(10-17)4-3-5-15(16)20-2/h3-9,11,18-19H,1-2H3. The Morgan fingerprint density at radius 3 is 2.50 bits per heavy atom. The molecule has 1 atom stereocenters. The number of phenolic OH excluding ortho intramolecular Hbond substituents is 1. The average molecular weight is 268 g/mol. The summed E-state index contributed by atoms with van der Waals surface area (Å²) in [6.07, 6.45) is 0. The van der Waals surface area contributed by atoms with E-state index in [-0.39, 0.29) is 11.8 Å². The number of para-hydroxylation sites is 1. The molecule has 20 heavy (non-hydrogen) atoms. The van der Waals surface area contributed by atoms with Gasteiger partial charge in [0.2, 0.25) is 0 Å². The minimum Gasteiger partial charge on any atom is -0.508 e. The van der Waals surface area contributed by atoms with Crippen LogP contribution in [0.3, 0.4) is 0 Å². The maximum absolute atomic E-state index is 9.31. The lowest BCUT2D eigenvalue weighted by atomic mass is 10.1. The summed E-state index contributed by atoms with van der Waals surface area (Å²) in [5.41, 5.74) is 2.23. The molecule has 2 aromatic carbocycles. The molecule has 102 valence electrons. The summed E-state index contributed by atoms with van der Waals surface area (Å²) in [5, 5.41) is 21.8. The zero-order chi connectivity index (χ0) is 14.5. The SMILES string of the molecule is COc1cccc(C#N)c1NC(C)c1ccc(O)cc1. The average Bonchev–Trinajstić information content (AvgIpc) is 2.48. The van der Waals surface area contributed by atoms with E-state index in [2.05, 4.69) is 11.4 Å². The molecule has 0 amide bonds. The van der Waals surface area contributed by atoms with E-state index in [0.29, 0.717) is 17.0 Å². The number of nitrogens with zero attached hydrogens (tertiary/aromatic N) is 1. The van der Waals surface area contributed by atoms with Crippen LogP contribution in [0.4, 0.5) is 5.69 Å². The van der Waals surface area contributed by atoms with Crippen molar-refractivity contribution in [1.82, 2.24) is 0 Å². The van der Waals surface area contributed by atoms with E-state index in [1.165, 1.54) is 0 Å². The summed E-state index contributed by atoms with van der Waals surface area (Å²) in [6.45, 7) is 1.99. The van der Waals surface area contributed by atoms with Crippen molar-refractivity contribution in [3.05, 3.63) is 53.6 Å². The molecule has 0 heterocycles. The predicted molar refractivity (Wildman–Crippen MR) is 77.9 cm³/mol. The van der Waals surface area contributed by atoms with Gasteiger partial charge >= 0.3 is 0 Å². The van der Waals surface area contributed by atoms with Gasteiger partial charge < -0.3 is 15.2 Å². The van der Waals surface area contributed by atoms with Gasteiger partial charge in [0, 0.05) is 6.04 Å². The molecule has 1 unspecified atom stereocenters. The topological polar surface area (TPSA) is 65.3 Å². The van der Waals surface area contributed by atoms with Gasteiger partial charge in [-0.3, -0.25) is 0 Å². The fraction of sp³-hybridized carbons (Fsp3) is 0.188. The number of nitriles is 1. The Hall–Kier alpha value is -2.67. The molecule has 2 rings (SSSR count). The summed E-state index contributed by atoms with van der Waals surface area (Å²) in [4.78, 5) is 0. The van der Waals surface area contributed by atoms with E-state index in [1.807, 2.05) is 25.1 Å². The second-order valence-electron chi connectivity index (χ2n) is 4.45. The van der Waals surface area contributed by atoms with Crippen LogP contribution in [0.2, 0.25) is 0 Å². The highest BCUT2D eigenvalue weighted by Gasteiger charge is 2.12. The van der Waals surface area contributed by atoms with Gasteiger partial charge in [-0.1, -0.05) is 18.2 Å². The first-order chi connectivity index (χ1) is 9.65. The van der Waals surface area contributed by atoms with E-state index < -0.39 is 0 Å². The molecule has 0 saturated carbocycles. The predicted octanol–water partition coefficient (Wildman–Crippen LogP) is 3.45. The quantitative estimate of drug-likeness (QED) is 0.891. The van der Waals surface area contributed by atoms with Gasteiger partial charge in [0.25, 0.3) is 0 Å². The Bertz CT molecular complexity index is 630. The first kappa shape index (κ1) is 13.8. The van der Waals surface area contributed by atoms with E-state index in [1.54, 1.807) is 31.4 Å². The Morgan fingerprint density at radius 2 is 1.90 bits per heavy atom. The molecule has 0 bridgehead atoms. The molecule has 0 aromatic heterocycles. The van der Waals surface area contributed by atoms with Crippen LogP contribution in [0.1, 0.15) is 24.1 Å². The van der Waals surface area contributed by atoms with E-state index in [4.69, 9.17) is 4.74 Å². The highest BCUT2D eigenvalue weighted by molar-refractivity contribution is 5.67.